The smallest absolute Gasteiger partial charge is 0.0613 e. The first kappa shape index (κ1) is 11.9. The Morgan fingerprint density at radius 1 is 1.50 bits per heavy atom. The second kappa shape index (κ2) is 6.37. The minimum Gasteiger partial charge on any atom is -0.383 e. The highest BCUT2D eigenvalue weighted by Gasteiger charge is 2.00. The molecule has 2 nitrogen and oxygen atoms in total. The van der Waals surface area contributed by atoms with E-state index in [0.29, 0.717) is 6.04 Å². The lowest BCUT2D eigenvalue weighted by Crippen LogP contribution is -2.29. The van der Waals surface area contributed by atoms with Crippen LogP contribution < -0.4 is 5.32 Å². The van der Waals surface area contributed by atoms with Gasteiger partial charge in [0.25, 0.3) is 0 Å². The van der Waals surface area contributed by atoms with Crippen LogP contribution >= 0.6 is 22.6 Å². The van der Waals surface area contributed by atoms with Gasteiger partial charge in [0, 0.05) is 23.3 Å². The summed E-state index contributed by atoms with van der Waals surface area (Å²) in [5, 5.41) is 3.40. The van der Waals surface area contributed by atoms with Crippen LogP contribution in [0.1, 0.15) is 12.5 Å². The van der Waals surface area contributed by atoms with Crippen molar-refractivity contribution in [3.63, 3.8) is 0 Å². The molecule has 1 N–H and O–H groups in total. The maximum absolute atomic E-state index is 5.05. The first-order valence-corrected chi connectivity index (χ1v) is 5.77. The zero-order valence-corrected chi connectivity index (χ0v) is 10.7. The van der Waals surface area contributed by atoms with Crippen molar-refractivity contribution in [1.29, 1.82) is 0 Å². The standard InChI is InChI=1S/C11H16INO/c1-9(8-14-2)13-7-10-4-3-5-11(12)6-10/h3-6,9,13H,7-8H2,1-2H3. The molecule has 1 unspecified atom stereocenters. The Morgan fingerprint density at radius 3 is 2.93 bits per heavy atom. The van der Waals surface area contributed by atoms with Crippen molar-refractivity contribution in [3.8, 4) is 0 Å². The Bertz CT molecular complexity index is 278. The van der Waals surface area contributed by atoms with Crippen LogP contribution in [0.5, 0.6) is 0 Å². The Labute approximate surface area is 99.2 Å². The molecule has 0 aliphatic carbocycles. The van der Waals surface area contributed by atoms with E-state index in [9.17, 15) is 0 Å². The van der Waals surface area contributed by atoms with E-state index < -0.39 is 0 Å². The highest BCUT2D eigenvalue weighted by atomic mass is 127. The number of methoxy groups -OCH3 is 1. The number of nitrogens with one attached hydrogen (secondary N) is 1. The lowest BCUT2D eigenvalue weighted by molar-refractivity contribution is 0.171. The molecule has 1 aromatic carbocycles. The fraction of sp³-hybridized carbons (Fsp3) is 0.455. The van der Waals surface area contributed by atoms with E-state index in [4.69, 9.17) is 4.74 Å². The molecule has 0 fully saturated rings. The van der Waals surface area contributed by atoms with Gasteiger partial charge in [-0.2, -0.15) is 0 Å². The van der Waals surface area contributed by atoms with Crippen molar-refractivity contribution >= 4 is 22.6 Å². The van der Waals surface area contributed by atoms with Crippen LogP contribution in [0, 0.1) is 3.57 Å². The summed E-state index contributed by atoms with van der Waals surface area (Å²) in [7, 11) is 1.73. The van der Waals surface area contributed by atoms with Crippen molar-refractivity contribution in [1.82, 2.24) is 5.32 Å². The summed E-state index contributed by atoms with van der Waals surface area (Å²) in [6, 6.07) is 8.90. The summed E-state index contributed by atoms with van der Waals surface area (Å²) in [6.45, 7) is 3.78. The van der Waals surface area contributed by atoms with Crippen molar-refractivity contribution in [2.24, 2.45) is 0 Å². The summed E-state index contributed by atoms with van der Waals surface area (Å²) < 4.78 is 6.33. The summed E-state index contributed by atoms with van der Waals surface area (Å²) in [5.74, 6) is 0. The molecular formula is C11H16INO. The van der Waals surface area contributed by atoms with Crippen molar-refractivity contribution in [2.75, 3.05) is 13.7 Å². The van der Waals surface area contributed by atoms with Crippen LogP contribution in [-0.4, -0.2) is 19.8 Å². The molecule has 0 aromatic heterocycles. The van der Waals surface area contributed by atoms with Crippen molar-refractivity contribution in [3.05, 3.63) is 33.4 Å². The minimum absolute atomic E-state index is 0.401. The predicted octanol–water partition coefficient (Wildman–Crippen LogP) is 2.42. The lowest BCUT2D eigenvalue weighted by Gasteiger charge is -2.12. The average Bonchev–Trinajstić information content (AvgIpc) is 2.15. The monoisotopic (exact) mass is 305 g/mol. The SMILES string of the molecule is COCC(C)NCc1cccc(I)c1. The first-order valence-electron chi connectivity index (χ1n) is 4.69. The Balaban J connectivity index is 2.37. The average molecular weight is 305 g/mol. The molecule has 0 amide bonds. The molecule has 3 heteroatoms. The zero-order valence-electron chi connectivity index (χ0n) is 8.59. The van der Waals surface area contributed by atoms with Gasteiger partial charge in [-0.05, 0) is 47.2 Å². The Hall–Kier alpha value is -0.130. The third-order valence-electron chi connectivity index (χ3n) is 1.96. The highest BCUT2D eigenvalue weighted by molar-refractivity contribution is 14.1. The van der Waals surface area contributed by atoms with Crippen molar-refractivity contribution in [2.45, 2.75) is 19.5 Å². The second-order valence-electron chi connectivity index (χ2n) is 3.37. The van der Waals surface area contributed by atoms with E-state index in [-0.39, 0.29) is 0 Å². The molecule has 0 aliphatic rings. The lowest BCUT2D eigenvalue weighted by atomic mass is 10.2. The maximum Gasteiger partial charge on any atom is 0.0613 e. The number of hydrogen-bond acceptors (Lipinski definition) is 2. The Kier molecular flexibility index (Phi) is 5.44. The van der Waals surface area contributed by atoms with Gasteiger partial charge in [0.05, 0.1) is 6.61 Å². The van der Waals surface area contributed by atoms with E-state index in [1.807, 2.05) is 0 Å². The van der Waals surface area contributed by atoms with Gasteiger partial charge in [0.15, 0.2) is 0 Å². The number of hydrogen-bond donors (Lipinski definition) is 1. The van der Waals surface area contributed by atoms with Crippen molar-refractivity contribution < 1.29 is 4.74 Å². The molecule has 0 saturated carbocycles. The van der Waals surface area contributed by atoms with Gasteiger partial charge in [-0.3, -0.25) is 0 Å². The van der Waals surface area contributed by atoms with Gasteiger partial charge in [0.1, 0.15) is 0 Å². The van der Waals surface area contributed by atoms with Gasteiger partial charge in [-0.1, -0.05) is 12.1 Å². The third kappa shape index (κ3) is 4.39. The quantitative estimate of drug-likeness (QED) is 0.844. The molecular weight excluding hydrogens is 289 g/mol. The van der Waals surface area contributed by atoms with E-state index >= 15 is 0 Å². The Morgan fingerprint density at radius 2 is 2.29 bits per heavy atom. The van der Waals surface area contributed by atoms with Gasteiger partial charge in [-0.15, -0.1) is 0 Å². The third-order valence-corrected chi connectivity index (χ3v) is 2.63. The molecule has 1 atom stereocenters. The molecule has 1 rings (SSSR count). The maximum atomic E-state index is 5.05. The summed E-state index contributed by atoms with van der Waals surface area (Å²) >= 11 is 2.33. The second-order valence-corrected chi connectivity index (χ2v) is 4.61. The normalized spacial score (nSPS) is 12.8. The molecule has 0 aliphatic heterocycles. The zero-order chi connectivity index (χ0) is 10.4. The van der Waals surface area contributed by atoms with Crippen LogP contribution in [-0.2, 0) is 11.3 Å². The molecule has 0 saturated heterocycles. The molecule has 0 spiro atoms. The van der Waals surface area contributed by atoms with Gasteiger partial charge in [0.2, 0.25) is 0 Å². The highest BCUT2D eigenvalue weighted by Crippen LogP contribution is 2.07. The topological polar surface area (TPSA) is 21.3 Å². The van der Waals surface area contributed by atoms with E-state index in [1.54, 1.807) is 7.11 Å². The first-order chi connectivity index (χ1) is 6.72. The van der Waals surface area contributed by atoms with Gasteiger partial charge in [-0.25, -0.2) is 0 Å². The molecule has 1 aromatic rings. The van der Waals surface area contributed by atoms with Gasteiger partial charge >= 0.3 is 0 Å². The number of benzene rings is 1. The van der Waals surface area contributed by atoms with Crippen LogP contribution in [0.15, 0.2) is 24.3 Å². The molecule has 78 valence electrons. The molecule has 0 radical (unpaired) electrons. The van der Waals surface area contributed by atoms with Crippen LogP contribution in [0.2, 0.25) is 0 Å². The molecule has 14 heavy (non-hydrogen) atoms. The van der Waals surface area contributed by atoms with E-state index in [0.717, 1.165) is 13.2 Å². The number of rotatable bonds is 5. The molecule has 0 heterocycles. The predicted molar refractivity (Wildman–Crippen MR) is 67.3 cm³/mol. The summed E-state index contributed by atoms with van der Waals surface area (Å²) in [4.78, 5) is 0. The number of ether oxygens (including phenoxy) is 1. The van der Waals surface area contributed by atoms with Gasteiger partial charge < -0.3 is 10.1 Å². The largest absolute Gasteiger partial charge is 0.383 e. The van der Waals surface area contributed by atoms with Crippen LogP contribution in [0.4, 0.5) is 0 Å². The fourth-order valence-corrected chi connectivity index (χ4v) is 1.86. The van der Waals surface area contributed by atoms with E-state index in [2.05, 4.69) is 59.1 Å². The molecule has 0 bridgehead atoms. The summed E-state index contributed by atoms with van der Waals surface area (Å²) in [5.41, 5.74) is 1.32. The van der Waals surface area contributed by atoms with E-state index in [1.165, 1.54) is 9.13 Å². The minimum atomic E-state index is 0.401. The summed E-state index contributed by atoms with van der Waals surface area (Å²) in [6.07, 6.45) is 0. The van der Waals surface area contributed by atoms with Crippen LogP contribution in [0.3, 0.4) is 0 Å². The van der Waals surface area contributed by atoms with Crippen LogP contribution in [0.25, 0.3) is 0 Å². The fourth-order valence-electron chi connectivity index (χ4n) is 1.25. The number of halogens is 1.